The zero-order valence-electron chi connectivity index (χ0n) is 13.1. The van der Waals surface area contributed by atoms with Crippen LogP contribution < -0.4 is 15.6 Å². The molecule has 2 aromatic rings. The fraction of sp³-hybridized carbons (Fsp3) is 0.250. The first-order valence-electron chi connectivity index (χ1n) is 7.18. The first kappa shape index (κ1) is 18.3. The summed E-state index contributed by atoms with van der Waals surface area (Å²) in [4.78, 5) is 25.3. The second-order valence-electron chi connectivity index (χ2n) is 5.14. The molecule has 8 heteroatoms. The van der Waals surface area contributed by atoms with Crippen LogP contribution in [0.3, 0.4) is 0 Å². The maximum absolute atomic E-state index is 11.8. The fourth-order valence-corrected chi connectivity index (χ4v) is 2.68. The third-order valence-corrected chi connectivity index (χ3v) is 3.96. The quantitative estimate of drug-likeness (QED) is 0.735. The summed E-state index contributed by atoms with van der Waals surface area (Å²) in [5.41, 5.74) is 5.82. The predicted octanol–water partition coefficient (Wildman–Crippen LogP) is 2.06. The lowest BCUT2D eigenvalue weighted by Gasteiger charge is -2.15. The number of thiophene rings is 1. The van der Waals surface area contributed by atoms with E-state index in [2.05, 4.69) is 10.9 Å². The number of rotatable bonds is 7. The average Bonchev–Trinajstić information content (AvgIpc) is 3.05. The molecule has 0 aliphatic carbocycles. The van der Waals surface area contributed by atoms with Gasteiger partial charge in [-0.15, -0.1) is 0 Å². The average molecular weight is 368 g/mol. The number of carbonyl (C=O) groups excluding carboxylic acids is 2. The fourth-order valence-electron chi connectivity index (χ4n) is 1.89. The third kappa shape index (κ3) is 6.57. The molecule has 0 saturated heterocycles. The largest absolute Gasteiger partial charge is 0.484 e. The van der Waals surface area contributed by atoms with Crippen molar-refractivity contribution >= 4 is 34.8 Å². The summed E-state index contributed by atoms with van der Waals surface area (Å²) >= 11 is 7.37. The Morgan fingerprint density at radius 1 is 1.17 bits per heavy atom. The molecule has 2 N–H and O–H groups in total. The van der Waals surface area contributed by atoms with E-state index >= 15 is 0 Å². The Kier molecular flexibility index (Phi) is 7.05. The van der Waals surface area contributed by atoms with Crippen LogP contribution in [-0.4, -0.2) is 36.9 Å². The van der Waals surface area contributed by atoms with Gasteiger partial charge in [-0.05, 0) is 53.7 Å². The van der Waals surface area contributed by atoms with Crippen LogP contribution in [0.15, 0.2) is 41.1 Å². The summed E-state index contributed by atoms with van der Waals surface area (Å²) in [5, 5.41) is 4.61. The zero-order chi connectivity index (χ0) is 17.4. The van der Waals surface area contributed by atoms with Crippen LogP contribution >= 0.6 is 22.9 Å². The number of halogens is 1. The molecule has 6 nitrogen and oxygen atoms in total. The molecule has 1 aromatic heterocycles. The van der Waals surface area contributed by atoms with Crippen LogP contribution in [0.25, 0.3) is 0 Å². The number of carbonyl (C=O) groups is 2. The van der Waals surface area contributed by atoms with Crippen LogP contribution in [0.5, 0.6) is 5.75 Å². The van der Waals surface area contributed by atoms with Gasteiger partial charge in [0.1, 0.15) is 5.75 Å². The molecule has 0 spiro atoms. The molecule has 2 amide bonds. The van der Waals surface area contributed by atoms with E-state index in [1.807, 2.05) is 28.8 Å². The van der Waals surface area contributed by atoms with E-state index in [0.717, 1.165) is 5.56 Å². The van der Waals surface area contributed by atoms with E-state index in [1.165, 1.54) is 0 Å². The Labute approximate surface area is 149 Å². The highest BCUT2D eigenvalue weighted by Crippen LogP contribution is 2.15. The van der Waals surface area contributed by atoms with Gasteiger partial charge in [0.15, 0.2) is 6.61 Å². The van der Waals surface area contributed by atoms with E-state index in [9.17, 15) is 9.59 Å². The van der Waals surface area contributed by atoms with Crippen LogP contribution in [-0.2, 0) is 16.1 Å². The number of amides is 2. The lowest BCUT2D eigenvalue weighted by Crippen LogP contribution is -2.47. The number of likely N-dealkylation sites (N-methyl/N-ethyl adjacent to an activating group) is 1. The number of nitrogens with zero attached hydrogens (tertiary/aromatic N) is 1. The summed E-state index contributed by atoms with van der Waals surface area (Å²) in [5.74, 6) is -0.220. The summed E-state index contributed by atoms with van der Waals surface area (Å²) in [7, 11) is 1.84. The Morgan fingerprint density at radius 3 is 2.54 bits per heavy atom. The molecule has 2 rings (SSSR count). The summed E-state index contributed by atoms with van der Waals surface area (Å²) in [6.45, 7) is 0.644. The Hall–Kier alpha value is -2.09. The number of benzene rings is 1. The van der Waals surface area contributed by atoms with Gasteiger partial charge in [0.2, 0.25) is 0 Å². The van der Waals surface area contributed by atoms with Crippen molar-refractivity contribution in [2.75, 3.05) is 20.2 Å². The maximum Gasteiger partial charge on any atom is 0.276 e. The van der Waals surface area contributed by atoms with Gasteiger partial charge in [0.05, 0.1) is 6.54 Å². The molecule has 0 aliphatic heterocycles. The minimum Gasteiger partial charge on any atom is -0.484 e. The number of hydrazine groups is 1. The first-order valence-corrected chi connectivity index (χ1v) is 8.50. The SMILES string of the molecule is CN(CC(=O)NNC(=O)COc1ccc(Cl)cc1)Cc1ccsc1. The van der Waals surface area contributed by atoms with Gasteiger partial charge in [-0.25, -0.2) is 0 Å². The number of nitrogens with one attached hydrogen (secondary N) is 2. The molecule has 1 aromatic carbocycles. The molecule has 0 unspecified atom stereocenters. The van der Waals surface area contributed by atoms with E-state index in [4.69, 9.17) is 16.3 Å². The molecular formula is C16H18ClN3O3S. The minimum absolute atomic E-state index is 0.175. The van der Waals surface area contributed by atoms with Gasteiger partial charge in [-0.3, -0.25) is 25.3 Å². The van der Waals surface area contributed by atoms with Crippen molar-refractivity contribution < 1.29 is 14.3 Å². The maximum atomic E-state index is 11.8. The van der Waals surface area contributed by atoms with Crippen molar-refractivity contribution in [3.05, 3.63) is 51.7 Å². The van der Waals surface area contributed by atoms with E-state index < -0.39 is 5.91 Å². The van der Waals surface area contributed by atoms with Gasteiger partial charge in [-0.2, -0.15) is 11.3 Å². The van der Waals surface area contributed by atoms with Crippen molar-refractivity contribution in [1.82, 2.24) is 15.8 Å². The number of hydrogen-bond acceptors (Lipinski definition) is 5. The van der Waals surface area contributed by atoms with Crippen molar-refractivity contribution in [2.45, 2.75) is 6.54 Å². The molecule has 0 fully saturated rings. The Morgan fingerprint density at radius 2 is 1.88 bits per heavy atom. The van der Waals surface area contributed by atoms with Crippen molar-refractivity contribution in [3.63, 3.8) is 0 Å². The van der Waals surface area contributed by atoms with Crippen LogP contribution in [0.1, 0.15) is 5.56 Å². The van der Waals surface area contributed by atoms with E-state index in [-0.39, 0.29) is 19.1 Å². The summed E-state index contributed by atoms with van der Waals surface area (Å²) in [6, 6.07) is 8.66. The molecule has 0 saturated carbocycles. The number of ether oxygens (including phenoxy) is 1. The number of hydrogen-bond donors (Lipinski definition) is 2. The molecular weight excluding hydrogens is 350 g/mol. The molecule has 0 atom stereocenters. The van der Waals surface area contributed by atoms with E-state index in [0.29, 0.717) is 17.3 Å². The minimum atomic E-state index is -0.446. The monoisotopic (exact) mass is 367 g/mol. The standard InChI is InChI=1S/C16H18ClN3O3S/c1-20(8-12-6-7-24-11-12)9-15(21)18-19-16(22)10-23-14-4-2-13(17)3-5-14/h2-7,11H,8-10H2,1H3,(H,18,21)(H,19,22). The van der Waals surface area contributed by atoms with Crippen molar-refractivity contribution in [1.29, 1.82) is 0 Å². The molecule has 0 radical (unpaired) electrons. The van der Waals surface area contributed by atoms with Gasteiger partial charge < -0.3 is 4.74 Å². The summed E-state index contributed by atoms with van der Waals surface area (Å²) in [6.07, 6.45) is 0. The normalized spacial score (nSPS) is 10.5. The highest BCUT2D eigenvalue weighted by atomic mass is 35.5. The van der Waals surface area contributed by atoms with E-state index in [1.54, 1.807) is 35.6 Å². The second kappa shape index (κ2) is 9.27. The van der Waals surface area contributed by atoms with Crippen LogP contribution in [0.2, 0.25) is 5.02 Å². The first-order chi connectivity index (χ1) is 11.5. The topological polar surface area (TPSA) is 70.7 Å². The van der Waals surface area contributed by atoms with Gasteiger partial charge in [0.25, 0.3) is 11.8 Å². The van der Waals surface area contributed by atoms with Gasteiger partial charge >= 0.3 is 0 Å². The van der Waals surface area contributed by atoms with Crippen LogP contribution in [0.4, 0.5) is 0 Å². The predicted molar refractivity (Wildman–Crippen MR) is 93.9 cm³/mol. The zero-order valence-corrected chi connectivity index (χ0v) is 14.7. The smallest absolute Gasteiger partial charge is 0.276 e. The second-order valence-corrected chi connectivity index (χ2v) is 6.36. The molecule has 1 heterocycles. The highest BCUT2D eigenvalue weighted by Gasteiger charge is 2.09. The van der Waals surface area contributed by atoms with Crippen LogP contribution in [0, 0.1) is 0 Å². The Bertz CT molecular complexity index is 662. The Balaban J connectivity index is 1.63. The molecule has 0 aliphatic rings. The van der Waals surface area contributed by atoms with Crippen molar-refractivity contribution in [3.8, 4) is 5.75 Å². The van der Waals surface area contributed by atoms with Gasteiger partial charge in [-0.1, -0.05) is 11.6 Å². The third-order valence-electron chi connectivity index (χ3n) is 2.97. The molecule has 0 bridgehead atoms. The molecule has 128 valence electrons. The van der Waals surface area contributed by atoms with Gasteiger partial charge in [0, 0.05) is 11.6 Å². The lowest BCUT2D eigenvalue weighted by atomic mass is 10.3. The highest BCUT2D eigenvalue weighted by molar-refractivity contribution is 7.07. The molecule has 24 heavy (non-hydrogen) atoms. The van der Waals surface area contributed by atoms with Crippen molar-refractivity contribution in [2.24, 2.45) is 0 Å². The lowest BCUT2D eigenvalue weighted by molar-refractivity contribution is -0.130. The summed E-state index contributed by atoms with van der Waals surface area (Å²) < 4.78 is 5.28.